The summed E-state index contributed by atoms with van der Waals surface area (Å²) >= 11 is 0. The van der Waals surface area contributed by atoms with Crippen molar-refractivity contribution in [3.63, 3.8) is 0 Å². The minimum Gasteiger partial charge on any atom is -0.346 e. The molecule has 0 saturated carbocycles. The lowest BCUT2D eigenvalue weighted by molar-refractivity contribution is 0.0940. The maximum Gasteiger partial charge on any atom is 0.251 e. The Morgan fingerprint density at radius 1 is 1.14 bits per heavy atom. The highest BCUT2D eigenvalue weighted by atomic mass is 16.1. The van der Waals surface area contributed by atoms with E-state index in [1.807, 2.05) is 43.3 Å². The lowest BCUT2D eigenvalue weighted by atomic mass is 10.1. The summed E-state index contributed by atoms with van der Waals surface area (Å²) in [6, 6.07) is 16.9. The van der Waals surface area contributed by atoms with Gasteiger partial charge in [0.15, 0.2) is 0 Å². The summed E-state index contributed by atoms with van der Waals surface area (Å²) in [5.41, 5.74) is 3.47. The summed E-state index contributed by atoms with van der Waals surface area (Å²) in [7, 11) is 0. The largest absolute Gasteiger partial charge is 0.346 e. The van der Waals surface area contributed by atoms with Gasteiger partial charge in [-0.1, -0.05) is 31.2 Å². The average Bonchev–Trinajstić information content (AvgIpc) is 2.55. The number of nitriles is 1. The van der Waals surface area contributed by atoms with Gasteiger partial charge in [0.05, 0.1) is 17.7 Å². The molecule has 1 atom stereocenters. The van der Waals surface area contributed by atoms with Crippen molar-refractivity contribution in [1.29, 1.82) is 5.26 Å². The molecule has 0 radical (unpaired) electrons. The topological polar surface area (TPSA) is 52.9 Å². The van der Waals surface area contributed by atoms with Crippen LogP contribution in [0.4, 0.5) is 0 Å². The number of carbonyl (C=O) groups excluding carboxylic acids is 1. The molecule has 21 heavy (non-hydrogen) atoms. The van der Waals surface area contributed by atoms with Crippen molar-refractivity contribution in [3.05, 3.63) is 70.8 Å². The first-order valence-electron chi connectivity index (χ1n) is 7.04. The fourth-order valence-corrected chi connectivity index (χ4v) is 2.10. The van der Waals surface area contributed by atoms with Crippen LogP contribution < -0.4 is 5.32 Å². The van der Waals surface area contributed by atoms with Crippen LogP contribution in [0.5, 0.6) is 0 Å². The van der Waals surface area contributed by atoms with E-state index in [2.05, 4.69) is 18.3 Å². The zero-order chi connectivity index (χ0) is 15.2. The molecule has 2 rings (SSSR count). The van der Waals surface area contributed by atoms with Crippen LogP contribution >= 0.6 is 0 Å². The van der Waals surface area contributed by atoms with Gasteiger partial charge in [-0.25, -0.2) is 0 Å². The van der Waals surface area contributed by atoms with E-state index in [-0.39, 0.29) is 11.9 Å². The summed E-state index contributed by atoms with van der Waals surface area (Å²) in [6.07, 6.45) is 0.962. The van der Waals surface area contributed by atoms with Gasteiger partial charge < -0.3 is 5.32 Å². The minimum atomic E-state index is -0.101. The first-order chi connectivity index (χ1) is 10.1. The van der Waals surface area contributed by atoms with Crippen molar-refractivity contribution < 1.29 is 4.79 Å². The lowest BCUT2D eigenvalue weighted by Gasteiger charge is -2.14. The Balaban J connectivity index is 2.05. The Morgan fingerprint density at radius 3 is 2.29 bits per heavy atom. The van der Waals surface area contributed by atoms with Gasteiger partial charge in [-0.05, 0) is 48.7 Å². The second kappa shape index (κ2) is 6.71. The van der Waals surface area contributed by atoms with E-state index in [9.17, 15) is 4.79 Å². The van der Waals surface area contributed by atoms with Crippen molar-refractivity contribution in [1.82, 2.24) is 5.32 Å². The number of amides is 1. The molecule has 1 unspecified atom stereocenters. The van der Waals surface area contributed by atoms with Gasteiger partial charge in [0.1, 0.15) is 0 Å². The molecule has 0 aliphatic carbocycles. The standard InChI is InChI=1S/C18H18N2O/c1-3-14-4-10-17(11-5-14)18(21)20-13(2)16-8-6-15(12-19)7-9-16/h4-11,13H,3H2,1-2H3,(H,20,21). The fraction of sp³-hybridized carbons (Fsp3) is 0.222. The van der Waals surface area contributed by atoms with E-state index < -0.39 is 0 Å². The van der Waals surface area contributed by atoms with Gasteiger partial charge in [0.2, 0.25) is 0 Å². The predicted octanol–water partition coefficient (Wildman–Crippen LogP) is 3.61. The Bertz CT molecular complexity index is 651. The maximum absolute atomic E-state index is 12.2. The summed E-state index contributed by atoms with van der Waals surface area (Å²) < 4.78 is 0. The SMILES string of the molecule is CCc1ccc(C(=O)NC(C)c2ccc(C#N)cc2)cc1. The summed E-state index contributed by atoms with van der Waals surface area (Å²) in [6.45, 7) is 4.02. The van der Waals surface area contributed by atoms with E-state index in [0.29, 0.717) is 11.1 Å². The highest BCUT2D eigenvalue weighted by Crippen LogP contribution is 2.14. The van der Waals surface area contributed by atoms with Crippen LogP contribution in [0.15, 0.2) is 48.5 Å². The second-order valence-corrected chi connectivity index (χ2v) is 4.98. The van der Waals surface area contributed by atoms with Crippen LogP contribution in [0.2, 0.25) is 0 Å². The van der Waals surface area contributed by atoms with Crippen molar-refractivity contribution in [2.24, 2.45) is 0 Å². The summed E-state index contributed by atoms with van der Waals surface area (Å²) in [5.74, 6) is -0.0884. The number of nitrogens with zero attached hydrogens (tertiary/aromatic N) is 1. The molecule has 0 fully saturated rings. The first kappa shape index (κ1) is 14.8. The highest BCUT2D eigenvalue weighted by molar-refractivity contribution is 5.94. The van der Waals surface area contributed by atoms with E-state index in [4.69, 9.17) is 5.26 Å². The minimum absolute atomic E-state index is 0.0884. The van der Waals surface area contributed by atoms with Crippen LogP contribution in [0.3, 0.4) is 0 Å². The fourth-order valence-electron chi connectivity index (χ4n) is 2.10. The molecule has 1 amide bonds. The van der Waals surface area contributed by atoms with Crippen molar-refractivity contribution in [2.45, 2.75) is 26.3 Å². The van der Waals surface area contributed by atoms with E-state index in [1.54, 1.807) is 12.1 Å². The Labute approximate surface area is 125 Å². The van der Waals surface area contributed by atoms with E-state index in [0.717, 1.165) is 12.0 Å². The number of hydrogen-bond acceptors (Lipinski definition) is 2. The number of hydrogen-bond donors (Lipinski definition) is 1. The smallest absolute Gasteiger partial charge is 0.251 e. The molecular formula is C18H18N2O. The quantitative estimate of drug-likeness (QED) is 0.928. The molecule has 0 aliphatic rings. The molecule has 0 bridgehead atoms. The van der Waals surface area contributed by atoms with E-state index >= 15 is 0 Å². The number of aryl methyl sites for hydroxylation is 1. The molecule has 1 N–H and O–H groups in total. The molecule has 0 spiro atoms. The van der Waals surface area contributed by atoms with Gasteiger partial charge in [0.25, 0.3) is 5.91 Å². The third-order valence-corrected chi connectivity index (χ3v) is 3.51. The number of rotatable bonds is 4. The van der Waals surface area contributed by atoms with Crippen LogP contribution in [0.1, 0.15) is 46.9 Å². The number of nitrogens with one attached hydrogen (secondary N) is 1. The zero-order valence-electron chi connectivity index (χ0n) is 12.3. The Morgan fingerprint density at radius 2 is 1.76 bits per heavy atom. The normalized spacial score (nSPS) is 11.5. The van der Waals surface area contributed by atoms with Crippen molar-refractivity contribution >= 4 is 5.91 Å². The molecular weight excluding hydrogens is 260 g/mol. The zero-order valence-corrected chi connectivity index (χ0v) is 12.3. The molecule has 0 aromatic heterocycles. The van der Waals surface area contributed by atoms with Gasteiger partial charge in [0, 0.05) is 5.56 Å². The summed E-state index contributed by atoms with van der Waals surface area (Å²) in [5, 5.41) is 11.7. The van der Waals surface area contributed by atoms with Crippen molar-refractivity contribution in [3.8, 4) is 6.07 Å². The Kier molecular flexibility index (Phi) is 4.73. The molecule has 0 aliphatic heterocycles. The van der Waals surface area contributed by atoms with Gasteiger partial charge in [-0.2, -0.15) is 5.26 Å². The first-order valence-corrected chi connectivity index (χ1v) is 7.04. The van der Waals surface area contributed by atoms with Crippen LogP contribution in [-0.4, -0.2) is 5.91 Å². The molecule has 3 nitrogen and oxygen atoms in total. The maximum atomic E-state index is 12.2. The van der Waals surface area contributed by atoms with Crippen LogP contribution in [0, 0.1) is 11.3 Å². The molecule has 2 aromatic carbocycles. The lowest BCUT2D eigenvalue weighted by Crippen LogP contribution is -2.26. The summed E-state index contributed by atoms with van der Waals surface area (Å²) in [4.78, 5) is 12.2. The third-order valence-electron chi connectivity index (χ3n) is 3.51. The van der Waals surface area contributed by atoms with Crippen LogP contribution in [0.25, 0.3) is 0 Å². The van der Waals surface area contributed by atoms with Gasteiger partial charge in [-0.15, -0.1) is 0 Å². The predicted molar refractivity (Wildman–Crippen MR) is 82.9 cm³/mol. The van der Waals surface area contributed by atoms with Crippen LogP contribution in [-0.2, 0) is 6.42 Å². The molecule has 106 valence electrons. The average molecular weight is 278 g/mol. The molecule has 2 aromatic rings. The van der Waals surface area contributed by atoms with Crippen molar-refractivity contribution in [2.75, 3.05) is 0 Å². The van der Waals surface area contributed by atoms with Gasteiger partial charge >= 0.3 is 0 Å². The molecule has 0 heterocycles. The third kappa shape index (κ3) is 3.70. The highest BCUT2D eigenvalue weighted by Gasteiger charge is 2.11. The molecule has 0 saturated heterocycles. The molecule has 3 heteroatoms. The second-order valence-electron chi connectivity index (χ2n) is 4.98. The monoisotopic (exact) mass is 278 g/mol. The van der Waals surface area contributed by atoms with Gasteiger partial charge in [-0.3, -0.25) is 4.79 Å². The Hall–Kier alpha value is -2.60. The number of carbonyl (C=O) groups is 1. The van der Waals surface area contributed by atoms with E-state index in [1.165, 1.54) is 5.56 Å². The number of benzene rings is 2.